The molecule has 1 aromatic carbocycles. The van der Waals surface area contributed by atoms with E-state index in [0.717, 1.165) is 56.1 Å². The van der Waals surface area contributed by atoms with E-state index in [-0.39, 0.29) is 0 Å². The maximum Gasteiger partial charge on any atom is 0.226 e. The fourth-order valence-electron chi connectivity index (χ4n) is 3.64. The summed E-state index contributed by atoms with van der Waals surface area (Å²) in [6.45, 7) is 4.99. The number of piperidine rings is 1. The normalized spacial score (nSPS) is 15.4. The maximum atomic E-state index is 5.65. The van der Waals surface area contributed by atoms with Gasteiger partial charge < -0.3 is 20.0 Å². The number of benzene rings is 1. The minimum absolute atomic E-state index is 0.451. The molecule has 0 saturated carbocycles. The summed E-state index contributed by atoms with van der Waals surface area (Å²) in [4.78, 5) is 11.5. The van der Waals surface area contributed by atoms with Crippen molar-refractivity contribution < 1.29 is 4.42 Å². The molecule has 0 amide bonds. The highest BCUT2D eigenvalue weighted by atomic mass is 32.1. The van der Waals surface area contributed by atoms with Gasteiger partial charge in [0, 0.05) is 44.7 Å². The molecule has 1 aliphatic heterocycles. The van der Waals surface area contributed by atoms with Crippen LogP contribution in [0.2, 0.25) is 0 Å². The maximum absolute atomic E-state index is 5.65. The average molecular weight is 424 g/mol. The van der Waals surface area contributed by atoms with Crippen LogP contribution in [-0.2, 0) is 6.42 Å². The molecule has 158 valence electrons. The fourth-order valence-corrected chi connectivity index (χ4v) is 4.43. The standard InChI is InChI=1S/C23H29N5OS/c1-17-5-7-18(8-6-17)22-26-20(16-29-22)9-12-25-23(24-2)27-19-10-13-28(14-11-19)21-4-3-15-30-21/h3-8,15-16,19H,9-14H2,1-2H3,(H2,24,25,27). The van der Waals surface area contributed by atoms with Gasteiger partial charge in [0.1, 0.15) is 6.26 Å². The largest absolute Gasteiger partial charge is 0.444 e. The first-order chi connectivity index (χ1) is 14.7. The van der Waals surface area contributed by atoms with Gasteiger partial charge in [-0.2, -0.15) is 0 Å². The topological polar surface area (TPSA) is 65.7 Å². The molecule has 3 heterocycles. The molecular weight excluding hydrogens is 394 g/mol. The number of hydrogen-bond acceptors (Lipinski definition) is 5. The second kappa shape index (κ2) is 9.80. The van der Waals surface area contributed by atoms with Gasteiger partial charge in [0.2, 0.25) is 5.89 Å². The average Bonchev–Trinajstić information content (AvgIpc) is 3.47. The molecule has 1 aliphatic rings. The first kappa shape index (κ1) is 20.5. The third kappa shape index (κ3) is 5.21. The van der Waals surface area contributed by atoms with Gasteiger partial charge in [-0.05, 0) is 49.4 Å². The summed E-state index contributed by atoms with van der Waals surface area (Å²) in [5, 5.41) is 10.5. The number of guanidine groups is 1. The van der Waals surface area contributed by atoms with Gasteiger partial charge >= 0.3 is 0 Å². The van der Waals surface area contributed by atoms with Crippen LogP contribution in [0.25, 0.3) is 11.5 Å². The van der Waals surface area contributed by atoms with E-state index in [2.05, 4.69) is 62.1 Å². The Morgan fingerprint density at radius 2 is 2.03 bits per heavy atom. The Morgan fingerprint density at radius 3 is 2.73 bits per heavy atom. The summed E-state index contributed by atoms with van der Waals surface area (Å²) in [5.41, 5.74) is 3.18. The van der Waals surface area contributed by atoms with E-state index in [1.807, 2.05) is 30.5 Å². The first-order valence-corrected chi connectivity index (χ1v) is 11.4. The van der Waals surface area contributed by atoms with E-state index in [0.29, 0.717) is 11.9 Å². The van der Waals surface area contributed by atoms with Crippen LogP contribution in [0.15, 0.2) is 57.5 Å². The van der Waals surface area contributed by atoms with Gasteiger partial charge in [-0.1, -0.05) is 17.7 Å². The monoisotopic (exact) mass is 423 g/mol. The van der Waals surface area contributed by atoms with Gasteiger partial charge in [-0.3, -0.25) is 4.99 Å². The second-order valence-electron chi connectivity index (χ2n) is 7.62. The predicted molar refractivity (Wildman–Crippen MR) is 124 cm³/mol. The van der Waals surface area contributed by atoms with Crippen LogP contribution in [0, 0.1) is 6.92 Å². The molecular formula is C23H29N5OS. The Balaban J connectivity index is 1.21. The number of nitrogens with zero attached hydrogens (tertiary/aromatic N) is 3. The molecule has 30 heavy (non-hydrogen) atoms. The molecule has 0 radical (unpaired) electrons. The van der Waals surface area contributed by atoms with E-state index in [1.165, 1.54) is 10.6 Å². The molecule has 6 nitrogen and oxygen atoms in total. The molecule has 0 bridgehead atoms. The molecule has 2 aromatic heterocycles. The van der Waals surface area contributed by atoms with Crippen LogP contribution >= 0.6 is 11.3 Å². The van der Waals surface area contributed by atoms with E-state index in [1.54, 1.807) is 6.26 Å². The zero-order valence-corrected chi connectivity index (χ0v) is 18.4. The summed E-state index contributed by atoms with van der Waals surface area (Å²) in [7, 11) is 1.82. The number of aryl methyl sites for hydroxylation is 1. The predicted octanol–water partition coefficient (Wildman–Crippen LogP) is 4.09. The van der Waals surface area contributed by atoms with Crippen molar-refractivity contribution in [2.24, 2.45) is 4.99 Å². The van der Waals surface area contributed by atoms with Crippen molar-refractivity contribution in [1.82, 2.24) is 15.6 Å². The Bertz CT molecular complexity index is 940. The van der Waals surface area contributed by atoms with E-state index in [4.69, 9.17) is 4.42 Å². The third-order valence-corrected chi connectivity index (χ3v) is 6.33. The second-order valence-corrected chi connectivity index (χ2v) is 8.54. The highest BCUT2D eigenvalue weighted by molar-refractivity contribution is 7.14. The van der Waals surface area contributed by atoms with Crippen molar-refractivity contribution in [1.29, 1.82) is 0 Å². The van der Waals surface area contributed by atoms with Crippen LogP contribution in [-0.4, -0.2) is 43.7 Å². The van der Waals surface area contributed by atoms with Crippen molar-refractivity contribution in [3.8, 4) is 11.5 Å². The SMILES string of the molecule is CN=C(NCCc1coc(-c2ccc(C)cc2)n1)NC1CCN(c2cccs2)CC1. The Morgan fingerprint density at radius 1 is 1.23 bits per heavy atom. The third-order valence-electron chi connectivity index (χ3n) is 5.40. The van der Waals surface area contributed by atoms with Crippen molar-refractivity contribution in [2.45, 2.75) is 32.2 Å². The fraction of sp³-hybridized carbons (Fsp3) is 0.391. The van der Waals surface area contributed by atoms with Gasteiger partial charge in [0.05, 0.1) is 10.7 Å². The summed E-state index contributed by atoms with van der Waals surface area (Å²) in [6.07, 6.45) is 4.75. The van der Waals surface area contributed by atoms with Crippen molar-refractivity contribution in [2.75, 3.05) is 31.6 Å². The number of aliphatic imine (C=N–C) groups is 1. The van der Waals surface area contributed by atoms with Crippen LogP contribution < -0.4 is 15.5 Å². The van der Waals surface area contributed by atoms with Crippen molar-refractivity contribution >= 4 is 22.3 Å². The molecule has 0 aliphatic carbocycles. The molecule has 3 aromatic rings. The highest BCUT2D eigenvalue weighted by Gasteiger charge is 2.20. The quantitative estimate of drug-likeness (QED) is 0.462. The van der Waals surface area contributed by atoms with E-state index >= 15 is 0 Å². The highest BCUT2D eigenvalue weighted by Crippen LogP contribution is 2.24. The smallest absolute Gasteiger partial charge is 0.226 e. The number of oxazole rings is 1. The zero-order valence-electron chi connectivity index (χ0n) is 17.6. The number of nitrogens with one attached hydrogen (secondary N) is 2. The lowest BCUT2D eigenvalue weighted by Gasteiger charge is -2.33. The molecule has 2 N–H and O–H groups in total. The Kier molecular flexibility index (Phi) is 6.69. The van der Waals surface area contributed by atoms with Crippen molar-refractivity contribution in [3.05, 3.63) is 59.3 Å². The molecule has 0 unspecified atom stereocenters. The van der Waals surface area contributed by atoms with Crippen molar-refractivity contribution in [3.63, 3.8) is 0 Å². The Labute approximate surface area is 182 Å². The summed E-state index contributed by atoms with van der Waals surface area (Å²) < 4.78 is 5.65. The minimum Gasteiger partial charge on any atom is -0.444 e. The Hall–Kier alpha value is -2.80. The lowest BCUT2D eigenvalue weighted by Crippen LogP contribution is -2.49. The van der Waals surface area contributed by atoms with E-state index < -0.39 is 0 Å². The number of thiophene rings is 1. The molecule has 4 rings (SSSR count). The van der Waals surface area contributed by atoms with Gasteiger partial charge in [0.25, 0.3) is 0 Å². The summed E-state index contributed by atoms with van der Waals surface area (Å²) >= 11 is 1.81. The number of hydrogen-bond donors (Lipinski definition) is 2. The zero-order chi connectivity index (χ0) is 20.8. The molecule has 0 spiro atoms. The number of aromatic nitrogens is 1. The lowest BCUT2D eigenvalue weighted by atomic mass is 10.1. The molecule has 1 saturated heterocycles. The summed E-state index contributed by atoms with van der Waals surface area (Å²) in [6, 6.07) is 13.0. The first-order valence-electron chi connectivity index (χ1n) is 10.5. The molecule has 7 heteroatoms. The van der Waals surface area contributed by atoms with Crippen LogP contribution in [0.1, 0.15) is 24.1 Å². The van der Waals surface area contributed by atoms with Crippen LogP contribution in [0.5, 0.6) is 0 Å². The molecule has 0 atom stereocenters. The summed E-state index contributed by atoms with van der Waals surface area (Å²) in [5.74, 6) is 1.52. The van der Waals surface area contributed by atoms with Gasteiger partial charge in [-0.25, -0.2) is 4.98 Å². The lowest BCUT2D eigenvalue weighted by molar-refractivity contribution is 0.463. The van der Waals surface area contributed by atoms with Gasteiger partial charge in [-0.15, -0.1) is 11.3 Å². The van der Waals surface area contributed by atoms with Crippen LogP contribution in [0.4, 0.5) is 5.00 Å². The van der Waals surface area contributed by atoms with E-state index in [9.17, 15) is 0 Å². The van der Waals surface area contributed by atoms with Crippen LogP contribution in [0.3, 0.4) is 0 Å². The van der Waals surface area contributed by atoms with Gasteiger partial charge in [0.15, 0.2) is 5.96 Å². The number of rotatable bonds is 6. The minimum atomic E-state index is 0.451. The molecule has 1 fully saturated rings. The number of anilines is 1.